The molecule has 22 heavy (non-hydrogen) atoms. The highest BCUT2D eigenvalue weighted by molar-refractivity contribution is 7.15. The van der Waals surface area contributed by atoms with Crippen molar-refractivity contribution in [2.45, 2.75) is 25.7 Å². The molecule has 2 aromatic rings. The van der Waals surface area contributed by atoms with Crippen molar-refractivity contribution in [1.29, 1.82) is 0 Å². The smallest absolute Gasteiger partial charge is 0.264 e. The molecular weight excluding hydrogens is 343 g/mol. The molecular formula is C15H16Cl2N2O2S. The van der Waals surface area contributed by atoms with Gasteiger partial charge >= 0.3 is 0 Å². The maximum absolute atomic E-state index is 11.9. The number of hydrogen-bond acceptors (Lipinski definition) is 4. The number of carbonyl (C=O) groups is 1. The second-order valence-electron chi connectivity index (χ2n) is 4.89. The maximum atomic E-state index is 11.9. The van der Waals surface area contributed by atoms with Gasteiger partial charge in [-0.25, -0.2) is 4.98 Å². The van der Waals surface area contributed by atoms with Gasteiger partial charge in [-0.05, 0) is 49.9 Å². The van der Waals surface area contributed by atoms with Crippen LogP contribution in [0.25, 0.3) is 0 Å². The molecule has 3 rings (SSSR count). The van der Waals surface area contributed by atoms with Crippen LogP contribution in [-0.4, -0.2) is 17.5 Å². The number of halogens is 2. The number of hydrogen-bond donors (Lipinski definition) is 1. The van der Waals surface area contributed by atoms with E-state index in [-0.39, 0.29) is 24.9 Å². The van der Waals surface area contributed by atoms with Crippen molar-refractivity contribution in [3.05, 3.63) is 39.9 Å². The van der Waals surface area contributed by atoms with Crippen LogP contribution < -0.4 is 10.1 Å². The molecule has 4 nitrogen and oxygen atoms in total. The van der Waals surface area contributed by atoms with E-state index < -0.39 is 0 Å². The van der Waals surface area contributed by atoms with E-state index >= 15 is 0 Å². The van der Waals surface area contributed by atoms with Crippen molar-refractivity contribution in [2.24, 2.45) is 0 Å². The Morgan fingerprint density at radius 1 is 1.27 bits per heavy atom. The molecule has 118 valence electrons. The highest BCUT2D eigenvalue weighted by Gasteiger charge is 2.16. The molecule has 0 unspecified atom stereocenters. The van der Waals surface area contributed by atoms with E-state index in [1.54, 1.807) is 35.6 Å². The zero-order valence-corrected chi connectivity index (χ0v) is 14.2. The average Bonchev–Trinajstić information content (AvgIpc) is 2.88. The lowest BCUT2D eigenvalue weighted by atomic mass is 10.0. The molecule has 1 aromatic heterocycles. The van der Waals surface area contributed by atoms with Gasteiger partial charge in [-0.2, -0.15) is 0 Å². The Balaban J connectivity index is 0.00000176. The van der Waals surface area contributed by atoms with Gasteiger partial charge < -0.3 is 4.74 Å². The summed E-state index contributed by atoms with van der Waals surface area (Å²) in [6, 6.07) is 6.92. The average molecular weight is 359 g/mol. The van der Waals surface area contributed by atoms with E-state index in [0.29, 0.717) is 15.9 Å². The third-order valence-corrected chi connectivity index (χ3v) is 4.60. The third kappa shape index (κ3) is 4.35. The molecule has 1 aliphatic carbocycles. The second-order valence-corrected chi connectivity index (χ2v) is 6.41. The highest BCUT2D eigenvalue weighted by Crippen LogP contribution is 2.29. The fourth-order valence-corrected chi connectivity index (χ4v) is 3.43. The highest BCUT2D eigenvalue weighted by atomic mass is 35.5. The minimum Gasteiger partial charge on any atom is -0.484 e. The largest absolute Gasteiger partial charge is 0.484 e. The lowest BCUT2D eigenvalue weighted by molar-refractivity contribution is -0.118. The zero-order chi connectivity index (χ0) is 14.7. The van der Waals surface area contributed by atoms with Crippen LogP contribution in [0.2, 0.25) is 5.02 Å². The predicted molar refractivity (Wildman–Crippen MR) is 91.6 cm³/mol. The monoisotopic (exact) mass is 358 g/mol. The number of aromatic nitrogens is 1. The van der Waals surface area contributed by atoms with E-state index in [1.807, 2.05) is 0 Å². The first kappa shape index (κ1) is 17.1. The van der Waals surface area contributed by atoms with Gasteiger partial charge in [-0.1, -0.05) is 11.6 Å². The normalized spacial score (nSPS) is 13.0. The number of carbonyl (C=O) groups excluding carboxylic acids is 1. The molecule has 1 aromatic carbocycles. The number of rotatable bonds is 4. The fourth-order valence-electron chi connectivity index (χ4n) is 2.24. The van der Waals surface area contributed by atoms with Gasteiger partial charge in [0.25, 0.3) is 5.91 Å². The summed E-state index contributed by atoms with van der Waals surface area (Å²) in [5.74, 6) is 0.420. The van der Waals surface area contributed by atoms with Crippen LogP contribution in [0.3, 0.4) is 0 Å². The standard InChI is InChI=1S/C15H15ClN2O2S.ClH/c16-10-5-7-11(8-6-10)20-9-14(19)18-15-17-12-3-1-2-4-13(12)21-15;/h5-8H,1-4,9H2,(H,17,18,19);1H. The molecule has 1 aliphatic rings. The molecule has 0 saturated carbocycles. The van der Waals surface area contributed by atoms with Gasteiger partial charge in [-0.15, -0.1) is 23.7 Å². The van der Waals surface area contributed by atoms with Gasteiger partial charge in [0.05, 0.1) is 5.69 Å². The zero-order valence-electron chi connectivity index (χ0n) is 11.8. The molecule has 0 saturated heterocycles. The number of amides is 1. The van der Waals surface area contributed by atoms with Gasteiger partial charge in [0.1, 0.15) is 5.75 Å². The summed E-state index contributed by atoms with van der Waals surface area (Å²) in [4.78, 5) is 17.6. The number of nitrogens with one attached hydrogen (secondary N) is 1. The molecule has 0 aliphatic heterocycles. The first-order chi connectivity index (χ1) is 10.2. The Kier molecular flexibility index (Phi) is 6.06. The van der Waals surface area contributed by atoms with Crippen LogP contribution in [0.5, 0.6) is 5.75 Å². The fraction of sp³-hybridized carbons (Fsp3) is 0.333. The number of aryl methyl sites for hydroxylation is 2. The molecule has 0 radical (unpaired) electrons. The quantitative estimate of drug-likeness (QED) is 0.894. The van der Waals surface area contributed by atoms with Gasteiger partial charge in [-0.3, -0.25) is 10.1 Å². The number of benzene rings is 1. The number of ether oxygens (including phenoxy) is 1. The van der Waals surface area contributed by atoms with Crippen LogP contribution in [0.4, 0.5) is 5.13 Å². The van der Waals surface area contributed by atoms with E-state index in [4.69, 9.17) is 16.3 Å². The summed E-state index contributed by atoms with van der Waals surface area (Å²) in [6.45, 7) is -0.0358. The van der Waals surface area contributed by atoms with E-state index in [9.17, 15) is 4.79 Å². The van der Waals surface area contributed by atoms with E-state index in [0.717, 1.165) is 18.5 Å². The Morgan fingerprint density at radius 3 is 2.73 bits per heavy atom. The second kappa shape index (κ2) is 7.81. The molecule has 7 heteroatoms. The third-order valence-electron chi connectivity index (χ3n) is 3.28. The van der Waals surface area contributed by atoms with Crippen molar-refractivity contribution in [3.8, 4) is 5.75 Å². The van der Waals surface area contributed by atoms with Crippen LogP contribution >= 0.6 is 35.3 Å². The molecule has 0 bridgehead atoms. The SMILES string of the molecule is Cl.O=C(COc1ccc(Cl)cc1)Nc1nc2c(s1)CCCC2. The molecule has 0 spiro atoms. The van der Waals surface area contributed by atoms with Crippen LogP contribution in [0.1, 0.15) is 23.4 Å². The summed E-state index contributed by atoms with van der Waals surface area (Å²) < 4.78 is 5.40. The van der Waals surface area contributed by atoms with Gasteiger partial charge in [0.15, 0.2) is 11.7 Å². The van der Waals surface area contributed by atoms with Crippen molar-refractivity contribution in [3.63, 3.8) is 0 Å². The first-order valence-corrected chi connectivity index (χ1v) is 8.07. The van der Waals surface area contributed by atoms with Crippen molar-refractivity contribution in [2.75, 3.05) is 11.9 Å². The van der Waals surface area contributed by atoms with E-state index in [2.05, 4.69) is 10.3 Å². The maximum Gasteiger partial charge on any atom is 0.264 e. The van der Waals surface area contributed by atoms with Crippen molar-refractivity contribution >= 4 is 46.4 Å². The predicted octanol–water partition coefficient (Wildman–Crippen LogP) is 4.11. The van der Waals surface area contributed by atoms with Crippen molar-refractivity contribution in [1.82, 2.24) is 4.98 Å². The summed E-state index contributed by atoms with van der Waals surface area (Å²) >= 11 is 7.36. The molecule has 1 amide bonds. The van der Waals surface area contributed by atoms with Crippen LogP contribution in [0, 0.1) is 0 Å². The number of thiazole rings is 1. The Morgan fingerprint density at radius 2 is 2.00 bits per heavy atom. The number of nitrogens with zero attached hydrogens (tertiary/aromatic N) is 1. The lowest BCUT2D eigenvalue weighted by Crippen LogP contribution is -2.20. The number of fused-ring (bicyclic) bond motifs is 1. The minimum absolute atomic E-state index is 0. The Hall–Kier alpha value is -1.30. The van der Waals surface area contributed by atoms with Crippen LogP contribution in [-0.2, 0) is 17.6 Å². The first-order valence-electron chi connectivity index (χ1n) is 6.87. The molecule has 0 fully saturated rings. The number of anilines is 1. The molecule has 0 atom stereocenters. The summed E-state index contributed by atoms with van der Waals surface area (Å²) in [6.07, 6.45) is 4.49. The van der Waals surface area contributed by atoms with Crippen molar-refractivity contribution < 1.29 is 9.53 Å². The Labute approximate surface area is 144 Å². The lowest BCUT2D eigenvalue weighted by Gasteiger charge is -2.06. The summed E-state index contributed by atoms with van der Waals surface area (Å²) in [7, 11) is 0. The van der Waals surface area contributed by atoms with Gasteiger partial charge in [0, 0.05) is 9.90 Å². The van der Waals surface area contributed by atoms with E-state index in [1.165, 1.54) is 17.7 Å². The topological polar surface area (TPSA) is 51.2 Å². The summed E-state index contributed by atoms with van der Waals surface area (Å²) in [5.41, 5.74) is 1.14. The summed E-state index contributed by atoms with van der Waals surface area (Å²) in [5, 5.41) is 4.11. The Bertz CT molecular complexity index is 620. The molecule has 1 heterocycles. The van der Waals surface area contributed by atoms with Crippen LogP contribution in [0.15, 0.2) is 24.3 Å². The molecule has 1 N–H and O–H groups in total. The van der Waals surface area contributed by atoms with Gasteiger partial charge in [0.2, 0.25) is 0 Å². The minimum atomic E-state index is -0.198.